The van der Waals surface area contributed by atoms with Crippen molar-refractivity contribution in [3.63, 3.8) is 0 Å². The third-order valence-corrected chi connectivity index (χ3v) is 6.94. The van der Waals surface area contributed by atoms with Gasteiger partial charge in [0.15, 0.2) is 0 Å². The summed E-state index contributed by atoms with van der Waals surface area (Å²) in [5.74, 6) is -0.267. The quantitative estimate of drug-likeness (QED) is 0.376. The van der Waals surface area contributed by atoms with Crippen molar-refractivity contribution in [1.82, 2.24) is 9.80 Å². The van der Waals surface area contributed by atoms with E-state index in [1.54, 1.807) is 35.2 Å². The summed E-state index contributed by atoms with van der Waals surface area (Å²) in [6, 6.07) is 11.5. The molecule has 9 heteroatoms. The third kappa shape index (κ3) is 5.32. The minimum Gasteiger partial charge on any atom is -0.488 e. The zero-order chi connectivity index (χ0) is 22.7. The van der Waals surface area contributed by atoms with Crippen LogP contribution in [0.5, 0.6) is 5.75 Å². The number of hydrogen-bond acceptors (Lipinski definition) is 5. The van der Waals surface area contributed by atoms with Gasteiger partial charge in [0, 0.05) is 13.1 Å². The first-order chi connectivity index (χ1) is 15.4. The lowest BCUT2D eigenvalue weighted by atomic mass is 10.2. The summed E-state index contributed by atoms with van der Waals surface area (Å²) >= 11 is 2.98. The number of likely N-dealkylation sites (tertiary alicyclic amines) is 1. The fourth-order valence-corrected chi connectivity index (χ4v) is 4.99. The van der Waals surface area contributed by atoms with Crippen LogP contribution in [0.2, 0.25) is 0 Å². The Morgan fingerprint density at radius 2 is 1.84 bits per heavy atom. The van der Waals surface area contributed by atoms with Crippen LogP contribution >= 0.6 is 34.4 Å². The maximum Gasteiger partial charge on any atom is 0.294 e. The molecule has 0 radical (unpaired) electrons. The molecule has 2 aromatic rings. The number of ether oxygens (including phenoxy) is 1. The Hall–Kier alpha value is -2.40. The molecule has 0 saturated carbocycles. The summed E-state index contributed by atoms with van der Waals surface area (Å²) in [6.07, 6.45) is 3.56. The van der Waals surface area contributed by atoms with Gasteiger partial charge in [-0.05, 0) is 88.7 Å². The number of amides is 3. The Kier molecular flexibility index (Phi) is 7.14. The van der Waals surface area contributed by atoms with Crippen molar-refractivity contribution in [3.8, 4) is 5.75 Å². The largest absolute Gasteiger partial charge is 0.488 e. The average molecular weight is 566 g/mol. The van der Waals surface area contributed by atoms with Gasteiger partial charge in [-0.2, -0.15) is 0 Å². The number of benzene rings is 2. The Bertz CT molecular complexity index is 1080. The average Bonchev–Trinajstić information content (AvgIpc) is 3.39. The summed E-state index contributed by atoms with van der Waals surface area (Å²) in [5.41, 5.74) is 1.60. The van der Waals surface area contributed by atoms with Crippen LogP contribution in [0.1, 0.15) is 24.0 Å². The van der Waals surface area contributed by atoms with Crippen molar-refractivity contribution < 1.29 is 23.5 Å². The van der Waals surface area contributed by atoms with Crippen LogP contribution in [0, 0.1) is 9.39 Å². The molecular weight excluding hydrogens is 546 g/mol. The van der Waals surface area contributed by atoms with Crippen LogP contribution < -0.4 is 4.74 Å². The van der Waals surface area contributed by atoms with Crippen molar-refractivity contribution in [2.45, 2.75) is 19.4 Å². The molecule has 2 aromatic carbocycles. The molecule has 0 spiro atoms. The van der Waals surface area contributed by atoms with Gasteiger partial charge in [-0.15, -0.1) is 0 Å². The molecule has 2 aliphatic heterocycles. The van der Waals surface area contributed by atoms with E-state index in [0.29, 0.717) is 30.4 Å². The van der Waals surface area contributed by atoms with Gasteiger partial charge in [0.2, 0.25) is 5.91 Å². The fraction of sp³-hybridized carbons (Fsp3) is 0.261. The van der Waals surface area contributed by atoms with E-state index in [2.05, 4.69) is 22.6 Å². The van der Waals surface area contributed by atoms with Gasteiger partial charge in [-0.3, -0.25) is 19.3 Å². The van der Waals surface area contributed by atoms with E-state index in [0.717, 1.165) is 44.2 Å². The first-order valence-corrected chi connectivity index (χ1v) is 12.0. The van der Waals surface area contributed by atoms with Crippen LogP contribution in [-0.2, 0) is 16.2 Å². The van der Waals surface area contributed by atoms with Gasteiger partial charge in [0.1, 0.15) is 24.7 Å². The predicted octanol–water partition coefficient (Wildman–Crippen LogP) is 4.67. The highest BCUT2D eigenvalue weighted by molar-refractivity contribution is 14.1. The van der Waals surface area contributed by atoms with Crippen molar-refractivity contribution in [2.24, 2.45) is 0 Å². The van der Waals surface area contributed by atoms with Gasteiger partial charge >= 0.3 is 0 Å². The molecule has 0 unspecified atom stereocenters. The highest BCUT2D eigenvalue weighted by Gasteiger charge is 2.37. The minimum absolute atomic E-state index is 0.191. The van der Waals surface area contributed by atoms with Crippen LogP contribution in [-0.4, -0.2) is 46.5 Å². The number of imide groups is 1. The van der Waals surface area contributed by atoms with Gasteiger partial charge in [0.05, 0.1) is 8.48 Å². The SMILES string of the molecule is O=C(CN1C(=O)S/C(=C/c2ccc(OCc3ccc(F)cc3)c(I)c2)C1=O)N1CCCC1. The lowest BCUT2D eigenvalue weighted by Gasteiger charge is -2.18. The van der Waals surface area contributed by atoms with Crippen molar-refractivity contribution >= 4 is 57.5 Å². The van der Waals surface area contributed by atoms with E-state index in [1.165, 1.54) is 12.1 Å². The first-order valence-electron chi connectivity index (χ1n) is 10.1. The number of halogens is 2. The van der Waals surface area contributed by atoms with Crippen LogP contribution in [0.4, 0.5) is 9.18 Å². The molecule has 2 fully saturated rings. The van der Waals surface area contributed by atoms with Crippen molar-refractivity contribution in [3.05, 3.63) is 67.9 Å². The minimum atomic E-state index is -0.445. The number of carbonyl (C=O) groups is 3. The lowest BCUT2D eigenvalue weighted by molar-refractivity contribution is -0.135. The maximum absolute atomic E-state index is 13.0. The molecule has 3 amide bonds. The predicted molar refractivity (Wildman–Crippen MR) is 128 cm³/mol. The summed E-state index contributed by atoms with van der Waals surface area (Å²) in [5, 5.41) is -0.428. The molecule has 0 bridgehead atoms. The maximum atomic E-state index is 13.0. The molecule has 2 saturated heterocycles. The standard InChI is InChI=1S/C23H20FIN2O4S/c24-17-6-3-15(4-7-17)14-31-19-8-5-16(11-18(19)25)12-20-22(29)27(23(30)32-20)13-21(28)26-9-1-2-10-26/h3-8,11-12H,1-2,9-10,13-14H2/b20-12+. The topological polar surface area (TPSA) is 66.9 Å². The zero-order valence-corrected chi connectivity index (χ0v) is 20.0. The summed E-state index contributed by atoms with van der Waals surface area (Å²) in [4.78, 5) is 40.3. The number of carbonyl (C=O) groups excluding carboxylic acids is 3. The van der Waals surface area contributed by atoms with Crippen LogP contribution in [0.3, 0.4) is 0 Å². The molecule has 4 rings (SSSR count). The molecule has 2 heterocycles. The summed E-state index contributed by atoms with van der Waals surface area (Å²) in [7, 11) is 0. The van der Waals surface area contributed by atoms with Gasteiger partial charge in [0.25, 0.3) is 11.1 Å². The highest BCUT2D eigenvalue weighted by Crippen LogP contribution is 2.33. The summed E-state index contributed by atoms with van der Waals surface area (Å²) < 4.78 is 19.7. The van der Waals surface area contributed by atoms with E-state index in [4.69, 9.17) is 4.74 Å². The third-order valence-electron chi connectivity index (χ3n) is 5.19. The normalized spacial score (nSPS) is 17.5. The molecule has 2 aliphatic rings. The van der Waals surface area contributed by atoms with Crippen LogP contribution in [0.25, 0.3) is 6.08 Å². The van der Waals surface area contributed by atoms with Gasteiger partial charge in [-0.1, -0.05) is 18.2 Å². The number of nitrogens with zero attached hydrogens (tertiary/aromatic N) is 2. The van der Waals surface area contributed by atoms with E-state index >= 15 is 0 Å². The Morgan fingerprint density at radius 1 is 1.12 bits per heavy atom. The summed E-state index contributed by atoms with van der Waals surface area (Å²) in [6.45, 7) is 1.45. The van der Waals surface area contributed by atoms with E-state index in [9.17, 15) is 18.8 Å². The van der Waals surface area contributed by atoms with Crippen molar-refractivity contribution in [1.29, 1.82) is 0 Å². The molecule has 0 aliphatic carbocycles. The van der Waals surface area contributed by atoms with Gasteiger partial charge < -0.3 is 9.64 Å². The van der Waals surface area contributed by atoms with Crippen LogP contribution in [0.15, 0.2) is 47.4 Å². The Morgan fingerprint density at radius 3 is 2.53 bits per heavy atom. The highest BCUT2D eigenvalue weighted by atomic mass is 127. The fourth-order valence-electron chi connectivity index (χ4n) is 3.46. The monoisotopic (exact) mass is 566 g/mol. The van der Waals surface area contributed by atoms with E-state index in [1.807, 2.05) is 6.07 Å². The molecule has 6 nitrogen and oxygen atoms in total. The first kappa shape index (κ1) is 22.8. The van der Waals surface area contributed by atoms with Crippen molar-refractivity contribution in [2.75, 3.05) is 19.6 Å². The molecule has 0 aromatic heterocycles. The van der Waals surface area contributed by atoms with E-state index in [-0.39, 0.29) is 18.3 Å². The van der Waals surface area contributed by atoms with Gasteiger partial charge in [-0.25, -0.2) is 4.39 Å². The second-order valence-electron chi connectivity index (χ2n) is 7.46. The number of hydrogen-bond donors (Lipinski definition) is 0. The Labute approximate surface area is 202 Å². The second kappa shape index (κ2) is 10.0. The molecule has 0 atom stereocenters. The number of thioether (sulfide) groups is 1. The smallest absolute Gasteiger partial charge is 0.294 e. The number of rotatable bonds is 6. The molecule has 166 valence electrons. The Balaban J connectivity index is 1.41. The second-order valence-corrected chi connectivity index (χ2v) is 9.62. The molecule has 32 heavy (non-hydrogen) atoms. The van der Waals surface area contributed by atoms with E-state index < -0.39 is 11.1 Å². The zero-order valence-electron chi connectivity index (χ0n) is 17.1. The lowest BCUT2D eigenvalue weighted by Crippen LogP contribution is -2.40. The molecular formula is C23H20FIN2O4S. The molecule has 0 N–H and O–H groups in total.